The first-order valence-corrected chi connectivity index (χ1v) is 8.54. The van der Waals surface area contributed by atoms with Gasteiger partial charge in [-0.3, -0.25) is 0 Å². The quantitative estimate of drug-likeness (QED) is 0.805. The molecule has 2 nitrogen and oxygen atoms in total. The van der Waals surface area contributed by atoms with Crippen LogP contribution in [-0.2, 0) is 13.1 Å². The molecule has 1 N–H and O–H groups in total. The smallest absolute Gasteiger partial charge is 0.0225 e. The van der Waals surface area contributed by atoms with E-state index in [0.29, 0.717) is 0 Å². The summed E-state index contributed by atoms with van der Waals surface area (Å²) in [6, 6.07) is 3.10. The van der Waals surface area contributed by atoms with Gasteiger partial charge < -0.3 is 9.88 Å². The topological polar surface area (TPSA) is 17.0 Å². The van der Waals surface area contributed by atoms with Crippen molar-refractivity contribution in [2.24, 2.45) is 5.92 Å². The zero-order valence-electron chi connectivity index (χ0n) is 13.8. The first kappa shape index (κ1) is 15.6. The van der Waals surface area contributed by atoms with Crippen LogP contribution in [0.1, 0.15) is 69.3 Å². The van der Waals surface area contributed by atoms with E-state index < -0.39 is 0 Å². The number of nitrogens with zero attached hydrogens (tertiary/aromatic N) is 1. The molecule has 0 amide bonds. The molecule has 114 valence electrons. The second-order valence-electron chi connectivity index (χ2n) is 6.53. The molecule has 0 saturated heterocycles. The molecular weight excluding hydrogens is 244 g/mol. The molecule has 2 rings (SSSR count). The number of hydrogen-bond donors (Lipinski definition) is 1. The Morgan fingerprint density at radius 2 is 1.85 bits per heavy atom. The predicted molar refractivity (Wildman–Crippen MR) is 87.1 cm³/mol. The Bertz CT molecular complexity index is 411. The summed E-state index contributed by atoms with van der Waals surface area (Å²) in [4.78, 5) is 0. The number of nitrogens with one attached hydrogen (secondary N) is 1. The molecule has 20 heavy (non-hydrogen) atoms. The summed E-state index contributed by atoms with van der Waals surface area (Å²) in [6.07, 6.45) is 8.39. The first-order chi connectivity index (χ1) is 9.65. The van der Waals surface area contributed by atoms with E-state index in [1.165, 1.54) is 55.5 Å². The van der Waals surface area contributed by atoms with Crippen molar-refractivity contribution >= 4 is 0 Å². The Kier molecular flexibility index (Phi) is 5.71. The van der Waals surface area contributed by atoms with Crippen LogP contribution in [-0.4, -0.2) is 10.6 Å². The number of aryl methyl sites for hydroxylation is 1. The first-order valence-electron chi connectivity index (χ1n) is 8.54. The largest absolute Gasteiger partial charge is 0.349 e. The van der Waals surface area contributed by atoms with Crippen molar-refractivity contribution in [2.45, 2.75) is 85.4 Å². The molecule has 1 heterocycles. The SMILES string of the molecule is CCCC1CCC(NCc2cc(C)n(CC)c2C)CC1. The maximum Gasteiger partial charge on any atom is 0.0225 e. The van der Waals surface area contributed by atoms with E-state index in [1.54, 1.807) is 0 Å². The average Bonchev–Trinajstić information content (AvgIpc) is 2.72. The van der Waals surface area contributed by atoms with Gasteiger partial charge in [-0.25, -0.2) is 0 Å². The minimum absolute atomic E-state index is 0.743. The Balaban J connectivity index is 1.82. The van der Waals surface area contributed by atoms with Gasteiger partial charge in [0, 0.05) is 30.5 Å². The van der Waals surface area contributed by atoms with Crippen LogP contribution in [0.5, 0.6) is 0 Å². The van der Waals surface area contributed by atoms with Crippen LogP contribution in [0.4, 0.5) is 0 Å². The van der Waals surface area contributed by atoms with Crippen LogP contribution in [0, 0.1) is 19.8 Å². The molecule has 0 unspecified atom stereocenters. The van der Waals surface area contributed by atoms with Gasteiger partial charge in [0.1, 0.15) is 0 Å². The van der Waals surface area contributed by atoms with E-state index >= 15 is 0 Å². The molecule has 1 aromatic heterocycles. The lowest BCUT2D eigenvalue weighted by molar-refractivity contribution is 0.277. The zero-order chi connectivity index (χ0) is 14.5. The second-order valence-corrected chi connectivity index (χ2v) is 6.53. The Morgan fingerprint density at radius 3 is 2.40 bits per heavy atom. The van der Waals surface area contributed by atoms with Crippen molar-refractivity contribution < 1.29 is 0 Å². The van der Waals surface area contributed by atoms with Gasteiger partial charge in [0.25, 0.3) is 0 Å². The lowest BCUT2D eigenvalue weighted by Gasteiger charge is -2.29. The van der Waals surface area contributed by atoms with E-state index in [1.807, 2.05) is 0 Å². The van der Waals surface area contributed by atoms with Gasteiger partial charge in [-0.1, -0.05) is 19.8 Å². The maximum absolute atomic E-state index is 3.79. The molecule has 2 heteroatoms. The van der Waals surface area contributed by atoms with Crippen molar-refractivity contribution in [1.82, 2.24) is 9.88 Å². The highest BCUT2D eigenvalue weighted by Crippen LogP contribution is 2.28. The Morgan fingerprint density at radius 1 is 1.15 bits per heavy atom. The zero-order valence-corrected chi connectivity index (χ0v) is 13.8. The predicted octanol–water partition coefficient (Wildman–Crippen LogP) is 4.57. The highest BCUT2D eigenvalue weighted by Gasteiger charge is 2.20. The molecular formula is C18H32N2. The molecule has 1 saturated carbocycles. The average molecular weight is 276 g/mol. The van der Waals surface area contributed by atoms with Gasteiger partial charge in [-0.2, -0.15) is 0 Å². The Labute approximate surface area is 125 Å². The molecule has 0 spiro atoms. The minimum atomic E-state index is 0.743. The highest BCUT2D eigenvalue weighted by atomic mass is 15.0. The lowest BCUT2D eigenvalue weighted by atomic mass is 9.83. The standard InChI is InChI=1S/C18H32N2/c1-5-7-16-8-10-18(11-9-16)19-13-17-12-14(3)20(6-2)15(17)4/h12,16,18-19H,5-11,13H2,1-4H3. The normalized spacial score (nSPS) is 23.2. The van der Waals surface area contributed by atoms with E-state index in [2.05, 4.69) is 43.6 Å². The van der Waals surface area contributed by atoms with Gasteiger partial charge in [-0.15, -0.1) is 0 Å². The van der Waals surface area contributed by atoms with Gasteiger partial charge in [0.2, 0.25) is 0 Å². The highest BCUT2D eigenvalue weighted by molar-refractivity contribution is 5.26. The van der Waals surface area contributed by atoms with Gasteiger partial charge in [0.05, 0.1) is 0 Å². The second kappa shape index (κ2) is 7.31. The monoisotopic (exact) mass is 276 g/mol. The van der Waals surface area contributed by atoms with Gasteiger partial charge >= 0.3 is 0 Å². The summed E-state index contributed by atoms with van der Waals surface area (Å²) in [7, 11) is 0. The van der Waals surface area contributed by atoms with Crippen LogP contribution < -0.4 is 5.32 Å². The summed E-state index contributed by atoms with van der Waals surface area (Å²) < 4.78 is 2.41. The lowest BCUT2D eigenvalue weighted by Crippen LogP contribution is -2.32. The molecule has 1 aliphatic carbocycles. The third-order valence-corrected chi connectivity index (χ3v) is 5.12. The fraction of sp³-hybridized carbons (Fsp3) is 0.778. The van der Waals surface area contributed by atoms with E-state index in [-0.39, 0.29) is 0 Å². The maximum atomic E-state index is 3.79. The van der Waals surface area contributed by atoms with Crippen molar-refractivity contribution in [2.75, 3.05) is 0 Å². The third kappa shape index (κ3) is 3.66. The van der Waals surface area contributed by atoms with Crippen molar-refractivity contribution in [3.05, 3.63) is 23.0 Å². The number of hydrogen-bond acceptors (Lipinski definition) is 1. The third-order valence-electron chi connectivity index (χ3n) is 5.12. The molecule has 1 fully saturated rings. The van der Waals surface area contributed by atoms with E-state index in [9.17, 15) is 0 Å². The van der Waals surface area contributed by atoms with Crippen LogP contribution in [0.25, 0.3) is 0 Å². The van der Waals surface area contributed by atoms with Crippen LogP contribution in [0.3, 0.4) is 0 Å². The van der Waals surface area contributed by atoms with Gasteiger partial charge in [-0.05, 0) is 64.0 Å². The fourth-order valence-corrected chi connectivity index (χ4v) is 3.86. The summed E-state index contributed by atoms with van der Waals surface area (Å²) in [5.74, 6) is 1.00. The van der Waals surface area contributed by atoms with Crippen molar-refractivity contribution in [1.29, 1.82) is 0 Å². The van der Waals surface area contributed by atoms with Crippen molar-refractivity contribution in [3.63, 3.8) is 0 Å². The molecule has 0 radical (unpaired) electrons. The number of rotatable bonds is 6. The fourth-order valence-electron chi connectivity index (χ4n) is 3.86. The minimum Gasteiger partial charge on any atom is -0.349 e. The molecule has 0 aliphatic heterocycles. The molecule has 1 aliphatic rings. The summed E-state index contributed by atoms with van der Waals surface area (Å²) in [5.41, 5.74) is 4.32. The summed E-state index contributed by atoms with van der Waals surface area (Å²) in [5, 5.41) is 3.79. The molecule has 1 aromatic rings. The molecule has 0 bridgehead atoms. The number of aromatic nitrogens is 1. The van der Waals surface area contributed by atoms with Crippen LogP contribution in [0.2, 0.25) is 0 Å². The molecule has 0 atom stereocenters. The van der Waals surface area contributed by atoms with E-state index in [4.69, 9.17) is 0 Å². The summed E-state index contributed by atoms with van der Waals surface area (Å²) >= 11 is 0. The van der Waals surface area contributed by atoms with Gasteiger partial charge in [0.15, 0.2) is 0 Å². The molecule has 0 aromatic carbocycles. The van der Waals surface area contributed by atoms with E-state index in [0.717, 1.165) is 25.0 Å². The van der Waals surface area contributed by atoms with Crippen LogP contribution >= 0.6 is 0 Å². The summed E-state index contributed by atoms with van der Waals surface area (Å²) in [6.45, 7) is 11.1. The Hall–Kier alpha value is -0.760. The van der Waals surface area contributed by atoms with Crippen LogP contribution in [0.15, 0.2) is 6.07 Å². The van der Waals surface area contributed by atoms with Crippen molar-refractivity contribution in [3.8, 4) is 0 Å².